The van der Waals surface area contributed by atoms with Gasteiger partial charge in [0.1, 0.15) is 0 Å². The fraction of sp³-hybridized carbons (Fsp3) is 0.889. The summed E-state index contributed by atoms with van der Waals surface area (Å²) in [7, 11) is 1.86. The van der Waals surface area contributed by atoms with Crippen molar-refractivity contribution in [3.05, 3.63) is 0 Å². The van der Waals surface area contributed by atoms with E-state index in [1.165, 1.54) is 0 Å². The van der Waals surface area contributed by atoms with Crippen LogP contribution in [-0.4, -0.2) is 42.7 Å². The molecule has 1 rings (SSSR count). The van der Waals surface area contributed by atoms with Gasteiger partial charge in [-0.3, -0.25) is 9.69 Å². The summed E-state index contributed by atoms with van der Waals surface area (Å²) in [6.45, 7) is 1.83. The number of rotatable bonds is 4. The van der Waals surface area contributed by atoms with Gasteiger partial charge in [-0.15, -0.1) is 0 Å². The molecule has 1 aliphatic rings. The zero-order chi connectivity index (χ0) is 11.6. The van der Waals surface area contributed by atoms with Crippen molar-refractivity contribution in [1.29, 1.82) is 0 Å². The molecule has 0 aromatic carbocycles. The smallest absolute Gasteiger partial charge is 0.347 e. The second-order valence-electron chi connectivity index (χ2n) is 3.95. The van der Waals surface area contributed by atoms with Gasteiger partial charge in [-0.1, -0.05) is 0 Å². The van der Waals surface area contributed by atoms with Gasteiger partial charge < -0.3 is 5.32 Å². The molecule has 1 N–H and O–H groups in total. The van der Waals surface area contributed by atoms with Crippen molar-refractivity contribution in [3.63, 3.8) is 0 Å². The Labute approximate surface area is 86.6 Å². The Morgan fingerprint density at radius 2 is 2.07 bits per heavy atom. The Kier molecular flexibility index (Phi) is 3.59. The molecule has 1 atom stereocenters. The molecule has 1 saturated carbocycles. The van der Waals surface area contributed by atoms with E-state index in [0.717, 1.165) is 12.8 Å². The zero-order valence-corrected chi connectivity index (χ0v) is 8.77. The standard InChI is InChI=1S/C9H15F3N2O/c1-6(14(2)7-3-4-7)5-13-8(15)9(10,11)12/h6-7H,3-5H2,1-2H3,(H,13,15). The Morgan fingerprint density at radius 1 is 1.53 bits per heavy atom. The average Bonchev–Trinajstić information content (AvgIpc) is 2.93. The highest BCUT2D eigenvalue weighted by atomic mass is 19.4. The lowest BCUT2D eigenvalue weighted by Gasteiger charge is -2.24. The molecule has 1 fully saturated rings. The van der Waals surface area contributed by atoms with Gasteiger partial charge in [-0.05, 0) is 26.8 Å². The summed E-state index contributed by atoms with van der Waals surface area (Å²) in [5, 5.41) is 1.88. The van der Waals surface area contributed by atoms with E-state index in [9.17, 15) is 18.0 Å². The van der Waals surface area contributed by atoms with Crippen LogP contribution < -0.4 is 5.32 Å². The number of hydrogen-bond acceptors (Lipinski definition) is 2. The first kappa shape index (κ1) is 12.3. The molecule has 0 saturated heterocycles. The molecule has 0 radical (unpaired) electrons. The summed E-state index contributed by atoms with van der Waals surface area (Å²) in [6, 6.07) is 0.409. The highest BCUT2D eigenvalue weighted by Crippen LogP contribution is 2.26. The molecular formula is C9H15F3N2O. The summed E-state index contributed by atoms with van der Waals surface area (Å²) in [6.07, 6.45) is -2.60. The van der Waals surface area contributed by atoms with Crippen LogP contribution in [0.15, 0.2) is 0 Å². The van der Waals surface area contributed by atoms with E-state index in [2.05, 4.69) is 0 Å². The van der Waals surface area contributed by atoms with Crippen LogP contribution >= 0.6 is 0 Å². The highest BCUT2D eigenvalue weighted by Gasteiger charge is 2.39. The molecule has 0 heterocycles. The van der Waals surface area contributed by atoms with Crippen LogP contribution in [0, 0.1) is 0 Å². The van der Waals surface area contributed by atoms with Gasteiger partial charge in [-0.25, -0.2) is 0 Å². The number of carbonyl (C=O) groups is 1. The van der Waals surface area contributed by atoms with Crippen LogP contribution in [0.2, 0.25) is 0 Å². The van der Waals surface area contributed by atoms with E-state index in [4.69, 9.17) is 0 Å². The number of hydrogen-bond donors (Lipinski definition) is 1. The first-order valence-electron chi connectivity index (χ1n) is 4.89. The van der Waals surface area contributed by atoms with Crippen LogP contribution in [0.4, 0.5) is 13.2 Å². The third-order valence-electron chi connectivity index (χ3n) is 2.63. The second-order valence-corrected chi connectivity index (χ2v) is 3.95. The first-order chi connectivity index (χ1) is 6.82. The van der Waals surface area contributed by atoms with Crippen LogP contribution in [0.1, 0.15) is 19.8 Å². The van der Waals surface area contributed by atoms with Crippen molar-refractivity contribution in [2.45, 2.75) is 38.0 Å². The molecule has 6 heteroatoms. The molecule has 0 spiro atoms. The molecule has 15 heavy (non-hydrogen) atoms. The molecule has 1 unspecified atom stereocenters. The van der Waals surface area contributed by atoms with Crippen molar-refractivity contribution in [2.75, 3.05) is 13.6 Å². The summed E-state index contributed by atoms with van der Waals surface area (Å²) in [4.78, 5) is 12.5. The Hall–Kier alpha value is -0.780. The number of nitrogens with one attached hydrogen (secondary N) is 1. The van der Waals surface area contributed by atoms with E-state index < -0.39 is 12.1 Å². The third kappa shape index (κ3) is 3.70. The number of amides is 1. The van der Waals surface area contributed by atoms with Gasteiger partial charge in [0.25, 0.3) is 0 Å². The van der Waals surface area contributed by atoms with E-state index in [1.807, 2.05) is 17.3 Å². The maximum Gasteiger partial charge on any atom is 0.471 e. The lowest BCUT2D eigenvalue weighted by Crippen LogP contribution is -2.45. The summed E-state index contributed by atoms with van der Waals surface area (Å²) in [5.41, 5.74) is 0. The molecule has 1 amide bonds. The van der Waals surface area contributed by atoms with Crippen LogP contribution in [0.3, 0.4) is 0 Å². The quantitative estimate of drug-likeness (QED) is 0.776. The minimum atomic E-state index is -4.78. The van der Waals surface area contributed by atoms with Gasteiger partial charge in [0, 0.05) is 18.6 Å². The van der Waals surface area contributed by atoms with E-state index in [1.54, 1.807) is 6.92 Å². The largest absolute Gasteiger partial charge is 0.471 e. The van der Waals surface area contributed by atoms with Gasteiger partial charge >= 0.3 is 12.1 Å². The molecule has 88 valence electrons. The predicted octanol–water partition coefficient (Wildman–Crippen LogP) is 1.15. The SMILES string of the molecule is CC(CNC(=O)C(F)(F)F)N(C)C1CC1. The monoisotopic (exact) mass is 224 g/mol. The van der Waals surface area contributed by atoms with Crippen LogP contribution in [0.25, 0.3) is 0 Å². The highest BCUT2D eigenvalue weighted by molar-refractivity contribution is 5.81. The maximum atomic E-state index is 11.8. The fourth-order valence-electron chi connectivity index (χ4n) is 1.33. The van der Waals surface area contributed by atoms with Gasteiger partial charge in [0.15, 0.2) is 0 Å². The van der Waals surface area contributed by atoms with Gasteiger partial charge in [0.05, 0.1) is 0 Å². The van der Waals surface area contributed by atoms with E-state index in [0.29, 0.717) is 6.04 Å². The van der Waals surface area contributed by atoms with Crippen molar-refractivity contribution in [2.24, 2.45) is 0 Å². The van der Waals surface area contributed by atoms with E-state index in [-0.39, 0.29) is 12.6 Å². The molecule has 0 aromatic heterocycles. The summed E-state index contributed by atoms with van der Waals surface area (Å²) < 4.78 is 35.5. The number of halogens is 3. The predicted molar refractivity (Wildman–Crippen MR) is 49.3 cm³/mol. The number of carbonyl (C=O) groups excluding carboxylic acids is 1. The topological polar surface area (TPSA) is 32.3 Å². The Morgan fingerprint density at radius 3 is 2.47 bits per heavy atom. The molecule has 3 nitrogen and oxygen atoms in total. The Balaban J connectivity index is 2.27. The third-order valence-corrected chi connectivity index (χ3v) is 2.63. The maximum absolute atomic E-state index is 11.8. The van der Waals surface area contributed by atoms with Gasteiger partial charge in [-0.2, -0.15) is 13.2 Å². The van der Waals surface area contributed by atoms with Crippen LogP contribution in [-0.2, 0) is 4.79 Å². The van der Waals surface area contributed by atoms with Crippen molar-refractivity contribution >= 4 is 5.91 Å². The average molecular weight is 224 g/mol. The van der Waals surface area contributed by atoms with Crippen LogP contribution in [0.5, 0.6) is 0 Å². The molecule has 0 aromatic rings. The van der Waals surface area contributed by atoms with Crippen molar-refractivity contribution in [1.82, 2.24) is 10.2 Å². The lowest BCUT2D eigenvalue weighted by atomic mass is 10.3. The van der Waals surface area contributed by atoms with Crippen molar-refractivity contribution in [3.8, 4) is 0 Å². The second kappa shape index (κ2) is 4.38. The first-order valence-corrected chi connectivity index (χ1v) is 4.89. The molecule has 0 bridgehead atoms. The summed E-state index contributed by atoms with van der Waals surface area (Å²) in [5.74, 6) is -1.86. The minimum Gasteiger partial charge on any atom is -0.347 e. The normalized spacial score (nSPS) is 19.1. The molecule has 0 aliphatic heterocycles. The fourth-order valence-corrected chi connectivity index (χ4v) is 1.33. The molecular weight excluding hydrogens is 209 g/mol. The number of likely N-dealkylation sites (N-methyl/N-ethyl adjacent to an activating group) is 1. The summed E-state index contributed by atoms with van der Waals surface area (Å²) >= 11 is 0. The minimum absolute atomic E-state index is 0.0331. The Bertz CT molecular complexity index is 238. The zero-order valence-electron chi connectivity index (χ0n) is 8.77. The van der Waals surface area contributed by atoms with E-state index >= 15 is 0 Å². The molecule has 1 aliphatic carbocycles. The number of nitrogens with zero attached hydrogens (tertiary/aromatic N) is 1. The lowest BCUT2D eigenvalue weighted by molar-refractivity contribution is -0.173. The number of alkyl halides is 3. The van der Waals surface area contributed by atoms with Gasteiger partial charge in [0.2, 0.25) is 0 Å². The van der Waals surface area contributed by atoms with Crippen molar-refractivity contribution < 1.29 is 18.0 Å².